The minimum absolute atomic E-state index is 0.0401. The number of benzene rings is 1. The third-order valence-electron chi connectivity index (χ3n) is 2.92. The zero-order valence-electron chi connectivity index (χ0n) is 10.6. The number of amides is 1. The second-order valence-electron chi connectivity index (χ2n) is 4.38. The SMILES string of the molecule is Nc1cccc(OCC(=O)N2CCOC(CO)C2)c1. The Morgan fingerprint density at radius 3 is 3.16 bits per heavy atom. The number of hydrogen-bond acceptors (Lipinski definition) is 5. The lowest BCUT2D eigenvalue weighted by molar-refractivity contribution is -0.142. The fourth-order valence-corrected chi connectivity index (χ4v) is 1.90. The second kappa shape index (κ2) is 6.40. The second-order valence-corrected chi connectivity index (χ2v) is 4.38. The normalized spacial score (nSPS) is 19.2. The number of nitrogens with two attached hydrogens (primary N) is 1. The quantitative estimate of drug-likeness (QED) is 0.741. The van der Waals surface area contributed by atoms with E-state index in [1.54, 1.807) is 29.2 Å². The number of nitrogen functional groups attached to an aromatic ring is 1. The first kappa shape index (κ1) is 13.6. The highest BCUT2D eigenvalue weighted by atomic mass is 16.5. The van der Waals surface area contributed by atoms with Crippen LogP contribution in [0, 0.1) is 0 Å². The maximum atomic E-state index is 12.0. The molecule has 0 aliphatic carbocycles. The number of ether oxygens (including phenoxy) is 2. The van der Waals surface area contributed by atoms with Crippen molar-refractivity contribution in [3.63, 3.8) is 0 Å². The fraction of sp³-hybridized carbons (Fsp3) is 0.462. The molecule has 0 spiro atoms. The van der Waals surface area contributed by atoms with Gasteiger partial charge < -0.3 is 25.2 Å². The van der Waals surface area contributed by atoms with E-state index < -0.39 is 0 Å². The molecule has 3 N–H and O–H groups in total. The van der Waals surface area contributed by atoms with Crippen molar-refractivity contribution in [3.05, 3.63) is 24.3 Å². The summed E-state index contributed by atoms with van der Waals surface area (Å²) in [5.74, 6) is 0.449. The molecule has 1 unspecified atom stereocenters. The van der Waals surface area contributed by atoms with Gasteiger partial charge in [-0.25, -0.2) is 0 Å². The summed E-state index contributed by atoms with van der Waals surface area (Å²) in [4.78, 5) is 13.6. The maximum Gasteiger partial charge on any atom is 0.260 e. The summed E-state index contributed by atoms with van der Waals surface area (Å²) in [5, 5.41) is 9.02. The minimum Gasteiger partial charge on any atom is -0.484 e. The number of hydrogen-bond donors (Lipinski definition) is 2. The zero-order valence-corrected chi connectivity index (χ0v) is 10.6. The van der Waals surface area contributed by atoms with E-state index in [0.717, 1.165) is 0 Å². The van der Waals surface area contributed by atoms with Crippen molar-refractivity contribution in [2.75, 3.05) is 38.6 Å². The van der Waals surface area contributed by atoms with Gasteiger partial charge in [0.25, 0.3) is 5.91 Å². The van der Waals surface area contributed by atoms with Crippen molar-refractivity contribution in [2.45, 2.75) is 6.10 Å². The highest BCUT2D eigenvalue weighted by Crippen LogP contribution is 2.14. The molecule has 1 aromatic rings. The summed E-state index contributed by atoms with van der Waals surface area (Å²) in [7, 11) is 0. The first-order chi connectivity index (χ1) is 9.19. The molecule has 104 valence electrons. The minimum atomic E-state index is -0.301. The molecule has 0 bridgehead atoms. The van der Waals surface area contributed by atoms with Crippen LogP contribution >= 0.6 is 0 Å². The van der Waals surface area contributed by atoms with Gasteiger partial charge in [0.15, 0.2) is 6.61 Å². The molecule has 1 amide bonds. The van der Waals surface area contributed by atoms with Gasteiger partial charge in [-0.1, -0.05) is 6.07 Å². The van der Waals surface area contributed by atoms with Gasteiger partial charge in [-0.3, -0.25) is 4.79 Å². The smallest absolute Gasteiger partial charge is 0.260 e. The molecule has 1 atom stereocenters. The van der Waals surface area contributed by atoms with Crippen molar-refractivity contribution in [1.82, 2.24) is 4.90 Å². The summed E-state index contributed by atoms with van der Waals surface area (Å²) >= 11 is 0. The Bertz CT molecular complexity index is 438. The van der Waals surface area contributed by atoms with E-state index >= 15 is 0 Å². The van der Waals surface area contributed by atoms with Crippen LogP contribution < -0.4 is 10.5 Å². The Morgan fingerprint density at radius 1 is 1.58 bits per heavy atom. The number of morpholine rings is 1. The van der Waals surface area contributed by atoms with Crippen molar-refractivity contribution in [2.24, 2.45) is 0 Å². The van der Waals surface area contributed by atoms with Crippen molar-refractivity contribution >= 4 is 11.6 Å². The number of aliphatic hydroxyl groups is 1. The summed E-state index contributed by atoms with van der Waals surface area (Å²) in [5.41, 5.74) is 6.22. The van der Waals surface area contributed by atoms with E-state index in [9.17, 15) is 4.79 Å². The molecule has 0 radical (unpaired) electrons. The van der Waals surface area contributed by atoms with Crippen LogP contribution in [0.4, 0.5) is 5.69 Å². The molecule has 1 saturated heterocycles. The molecule has 1 heterocycles. The van der Waals surface area contributed by atoms with Crippen molar-refractivity contribution in [3.8, 4) is 5.75 Å². The highest BCUT2D eigenvalue weighted by molar-refractivity contribution is 5.78. The highest BCUT2D eigenvalue weighted by Gasteiger charge is 2.23. The van der Waals surface area contributed by atoms with Crippen molar-refractivity contribution in [1.29, 1.82) is 0 Å². The Balaban J connectivity index is 1.84. The van der Waals surface area contributed by atoms with Gasteiger partial charge in [0, 0.05) is 24.8 Å². The van der Waals surface area contributed by atoms with Crippen molar-refractivity contribution < 1.29 is 19.4 Å². The Labute approximate surface area is 111 Å². The largest absolute Gasteiger partial charge is 0.484 e. The summed E-state index contributed by atoms with van der Waals surface area (Å²) in [6.45, 7) is 1.24. The van der Waals surface area contributed by atoms with Gasteiger partial charge in [-0.2, -0.15) is 0 Å². The van der Waals surface area contributed by atoms with Gasteiger partial charge >= 0.3 is 0 Å². The van der Waals surface area contributed by atoms with E-state index in [-0.39, 0.29) is 25.2 Å². The molecule has 6 nitrogen and oxygen atoms in total. The number of aliphatic hydroxyl groups excluding tert-OH is 1. The van der Waals surface area contributed by atoms with Crippen LogP contribution in [0.15, 0.2) is 24.3 Å². The molecular weight excluding hydrogens is 248 g/mol. The van der Waals surface area contributed by atoms with Crippen LogP contribution in [0.5, 0.6) is 5.75 Å². The predicted octanol–water partition coefficient (Wildman–Crippen LogP) is -0.133. The average molecular weight is 266 g/mol. The molecule has 2 rings (SSSR count). The average Bonchev–Trinajstić information content (AvgIpc) is 2.45. The molecule has 6 heteroatoms. The van der Waals surface area contributed by atoms with Crippen LogP contribution in [0.1, 0.15) is 0 Å². The molecule has 0 saturated carbocycles. The first-order valence-electron chi connectivity index (χ1n) is 6.17. The van der Waals surface area contributed by atoms with Crippen LogP contribution in [0.3, 0.4) is 0 Å². The molecule has 1 aliphatic rings. The molecule has 1 aliphatic heterocycles. The lowest BCUT2D eigenvalue weighted by Crippen LogP contribution is -2.48. The molecular formula is C13H18N2O4. The van der Waals surface area contributed by atoms with E-state index in [1.807, 2.05) is 0 Å². The number of nitrogens with zero attached hydrogens (tertiary/aromatic N) is 1. The lowest BCUT2D eigenvalue weighted by atomic mass is 10.3. The standard InChI is InChI=1S/C13H18N2O4/c14-10-2-1-3-11(6-10)19-9-13(17)15-4-5-18-12(7-15)8-16/h1-3,6,12,16H,4-5,7-9,14H2. The zero-order chi connectivity index (χ0) is 13.7. The Morgan fingerprint density at radius 2 is 2.42 bits per heavy atom. The lowest BCUT2D eigenvalue weighted by Gasteiger charge is -2.31. The molecule has 1 fully saturated rings. The van der Waals surface area contributed by atoms with E-state index in [4.69, 9.17) is 20.3 Å². The number of carbonyl (C=O) groups is 1. The number of rotatable bonds is 4. The third kappa shape index (κ3) is 3.84. The van der Waals surface area contributed by atoms with Gasteiger partial charge in [0.1, 0.15) is 5.75 Å². The maximum absolute atomic E-state index is 12.0. The van der Waals surface area contributed by atoms with Crippen LogP contribution in [0.25, 0.3) is 0 Å². The summed E-state index contributed by atoms with van der Waals surface area (Å²) < 4.78 is 10.7. The van der Waals surface area contributed by atoms with E-state index in [1.165, 1.54) is 0 Å². The van der Waals surface area contributed by atoms with Gasteiger partial charge in [-0.05, 0) is 12.1 Å². The van der Waals surface area contributed by atoms with Crippen LogP contribution in [0.2, 0.25) is 0 Å². The van der Waals surface area contributed by atoms with Gasteiger partial charge in [0.2, 0.25) is 0 Å². The molecule has 0 aromatic heterocycles. The van der Waals surface area contributed by atoms with E-state index in [2.05, 4.69) is 0 Å². The monoisotopic (exact) mass is 266 g/mol. The predicted molar refractivity (Wildman–Crippen MR) is 69.8 cm³/mol. The Kier molecular flexibility index (Phi) is 4.59. The number of anilines is 1. The van der Waals surface area contributed by atoms with Gasteiger partial charge in [-0.15, -0.1) is 0 Å². The van der Waals surface area contributed by atoms with Crippen LogP contribution in [-0.2, 0) is 9.53 Å². The van der Waals surface area contributed by atoms with Crippen LogP contribution in [-0.4, -0.2) is 54.9 Å². The Hall–Kier alpha value is -1.79. The molecule has 1 aromatic carbocycles. The van der Waals surface area contributed by atoms with Gasteiger partial charge in [0.05, 0.1) is 19.3 Å². The van der Waals surface area contributed by atoms with E-state index in [0.29, 0.717) is 31.1 Å². The summed E-state index contributed by atoms with van der Waals surface area (Å²) in [6, 6.07) is 6.94. The molecule has 19 heavy (non-hydrogen) atoms. The first-order valence-corrected chi connectivity index (χ1v) is 6.17. The number of carbonyl (C=O) groups excluding carboxylic acids is 1. The topological polar surface area (TPSA) is 85.0 Å². The fourth-order valence-electron chi connectivity index (χ4n) is 1.90. The summed E-state index contributed by atoms with van der Waals surface area (Å²) in [6.07, 6.45) is -0.301. The third-order valence-corrected chi connectivity index (χ3v) is 2.92.